The van der Waals surface area contributed by atoms with Crippen molar-refractivity contribution in [2.45, 2.75) is 25.4 Å². The van der Waals surface area contributed by atoms with Gasteiger partial charge in [-0.15, -0.1) is 0 Å². The Hall–Kier alpha value is -1.40. The van der Waals surface area contributed by atoms with Crippen molar-refractivity contribution in [1.82, 2.24) is 4.90 Å². The first kappa shape index (κ1) is 16.5. The molecule has 2 aliphatic heterocycles. The number of ether oxygens (including phenoxy) is 1. The first-order valence-electron chi connectivity index (χ1n) is 7.96. The average molecular weight is 382 g/mol. The number of amides is 1. The Bertz CT molecular complexity index is 598. The molecule has 1 aromatic carbocycles. The lowest BCUT2D eigenvalue weighted by molar-refractivity contribution is -0.145. The number of carbonyl (C=O) groups is 2. The van der Waals surface area contributed by atoms with E-state index in [4.69, 9.17) is 4.74 Å². The average Bonchev–Trinajstić information content (AvgIpc) is 3.05. The number of carboxylic acid groups (broad SMARTS) is 1. The van der Waals surface area contributed by atoms with Crippen LogP contribution in [0.3, 0.4) is 0 Å². The summed E-state index contributed by atoms with van der Waals surface area (Å²) in [5.41, 5.74) is 0.673. The van der Waals surface area contributed by atoms with Crippen molar-refractivity contribution in [2.75, 3.05) is 19.7 Å². The molecule has 1 aromatic rings. The Balaban J connectivity index is 1.61. The summed E-state index contributed by atoms with van der Waals surface area (Å²) in [6.07, 6.45) is 1.99. The molecule has 5 nitrogen and oxygen atoms in total. The van der Waals surface area contributed by atoms with Gasteiger partial charge in [0.15, 0.2) is 0 Å². The molecule has 6 heteroatoms. The summed E-state index contributed by atoms with van der Waals surface area (Å²) in [5, 5.41) is 9.28. The molecule has 23 heavy (non-hydrogen) atoms. The number of halogens is 1. The van der Waals surface area contributed by atoms with E-state index in [1.54, 1.807) is 0 Å². The maximum Gasteiger partial charge on any atom is 0.309 e. The molecule has 0 aliphatic carbocycles. The molecule has 2 fully saturated rings. The first-order valence-corrected chi connectivity index (χ1v) is 8.75. The molecule has 1 unspecified atom stereocenters. The molecular weight excluding hydrogens is 362 g/mol. The predicted molar refractivity (Wildman–Crippen MR) is 88.3 cm³/mol. The topological polar surface area (TPSA) is 66.8 Å². The van der Waals surface area contributed by atoms with Crippen LogP contribution in [0.4, 0.5) is 0 Å². The molecule has 2 aliphatic rings. The summed E-state index contributed by atoms with van der Waals surface area (Å²) in [4.78, 5) is 25.7. The molecule has 0 radical (unpaired) electrons. The van der Waals surface area contributed by atoms with E-state index in [9.17, 15) is 14.7 Å². The van der Waals surface area contributed by atoms with Gasteiger partial charge >= 0.3 is 5.97 Å². The number of aliphatic carboxylic acids is 1. The molecule has 124 valence electrons. The minimum Gasteiger partial charge on any atom is -0.481 e. The quantitative estimate of drug-likeness (QED) is 0.873. The van der Waals surface area contributed by atoms with Crippen LogP contribution in [0.2, 0.25) is 0 Å². The zero-order valence-corrected chi connectivity index (χ0v) is 14.4. The van der Waals surface area contributed by atoms with Crippen molar-refractivity contribution in [2.24, 2.45) is 11.8 Å². The van der Waals surface area contributed by atoms with Crippen molar-refractivity contribution in [1.29, 1.82) is 0 Å². The van der Waals surface area contributed by atoms with Gasteiger partial charge in [0.05, 0.1) is 17.6 Å². The second-order valence-corrected chi connectivity index (χ2v) is 7.03. The van der Waals surface area contributed by atoms with Crippen LogP contribution in [0.5, 0.6) is 0 Å². The maximum absolute atomic E-state index is 12.6. The van der Waals surface area contributed by atoms with Crippen LogP contribution in [-0.4, -0.2) is 47.7 Å². The second-order valence-electron chi connectivity index (χ2n) is 6.18. The molecule has 1 amide bonds. The SMILES string of the molecule is O=C(O)C1CCO[C@H]1C1CCN(C(=O)c2ccccc2Br)CC1. The van der Waals surface area contributed by atoms with Crippen molar-refractivity contribution in [3.8, 4) is 0 Å². The Morgan fingerprint density at radius 3 is 2.52 bits per heavy atom. The number of benzene rings is 1. The van der Waals surface area contributed by atoms with Crippen LogP contribution in [0.15, 0.2) is 28.7 Å². The van der Waals surface area contributed by atoms with E-state index >= 15 is 0 Å². The molecule has 2 heterocycles. The third kappa shape index (κ3) is 3.43. The number of carbonyl (C=O) groups excluding carboxylic acids is 1. The van der Waals surface area contributed by atoms with E-state index in [1.807, 2.05) is 29.2 Å². The lowest BCUT2D eigenvalue weighted by Gasteiger charge is -2.35. The molecule has 0 saturated carbocycles. The Morgan fingerprint density at radius 2 is 1.87 bits per heavy atom. The van der Waals surface area contributed by atoms with Gasteiger partial charge in [-0.05, 0) is 53.2 Å². The predicted octanol–water partition coefficient (Wildman–Crippen LogP) is 2.79. The van der Waals surface area contributed by atoms with Gasteiger partial charge in [-0.3, -0.25) is 9.59 Å². The van der Waals surface area contributed by atoms with Gasteiger partial charge in [-0.1, -0.05) is 12.1 Å². The van der Waals surface area contributed by atoms with E-state index in [1.165, 1.54) is 0 Å². The fourth-order valence-corrected chi connectivity index (χ4v) is 4.03. The molecule has 2 atom stereocenters. The molecule has 2 saturated heterocycles. The maximum atomic E-state index is 12.6. The van der Waals surface area contributed by atoms with Crippen LogP contribution in [0.1, 0.15) is 29.6 Å². The van der Waals surface area contributed by atoms with Crippen molar-refractivity contribution in [3.63, 3.8) is 0 Å². The summed E-state index contributed by atoms with van der Waals surface area (Å²) in [6, 6.07) is 7.42. The third-order valence-electron chi connectivity index (χ3n) is 4.85. The summed E-state index contributed by atoms with van der Waals surface area (Å²) >= 11 is 3.42. The summed E-state index contributed by atoms with van der Waals surface area (Å²) in [7, 11) is 0. The highest BCUT2D eigenvalue weighted by molar-refractivity contribution is 9.10. The minimum absolute atomic E-state index is 0.0260. The summed E-state index contributed by atoms with van der Waals surface area (Å²) in [6.45, 7) is 1.83. The van der Waals surface area contributed by atoms with Gasteiger partial charge in [0.25, 0.3) is 5.91 Å². The van der Waals surface area contributed by atoms with Gasteiger partial charge in [0.2, 0.25) is 0 Å². The molecule has 0 bridgehead atoms. The van der Waals surface area contributed by atoms with Crippen LogP contribution in [0, 0.1) is 11.8 Å². The molecular formula is C17H20BrNO4. The van der Waals surface area contributed by atoms with Gasteiger partial charge in [0, 0.05) is 24.2 Å². The van der Waals surface area contributed by atoms with Crippen LogP contribution < -0.4 is 0 Å². The Kier molecular flexibility index (Phi) is 5.02. The monoisotopic (exact) mass is 381 g/mol. The van der Waals surface area contributed by atoms with Crippen molar-refractivity contribution >= 4 is 27.8 Å². The fraction of sp³-hybridized carbons (Fsp3) is 0.529. The van der Waals surface area contributed by atoms with E-state index in [0.29, 0.717) is 31.7 Å². The van der Waals surface area contributed by atoms with E-state index in [0.717, 1.165) is 17.3 Å². The highest BCUT2D eigenvalue weighted by Gasteiger charge is 2.40. The summed E-state index contributed by atoms with van der Waals surface area (Å²) < 4.78 is 6.48. The number of hydrogen-bond donors (Lipinski definition) is 1. The van der Waals surface area contributed by atoms with Gasteiger partial charge < -0.3 is 14.7 Å². The Morgan fingerprint density at radius 1 is 1.17 bits per heavy atom. The van der Waals surface area contributed by atoms with E-state index < -0.39 is 11.9 Å². The van der Waals surface area contributed by atoms with Gasteiger partial charge in [0.1, 0.15) is 0 Å². The fourth-order valence-electron chi connectivity index (χ4n) is 3.58. The number of rotatable bonds is 3. The third-order valence-corrected chi connectivity index (χ3v) is 5.54. The Labute approximate surface area is 143 Å². The largest absolute Gasteiger partial charge is 0.481 e. The van der Waals surface area contributed by atoms with Gasteiger partial charge in [-0.25, -0.2) is 0 Å². The van der Waals surface area contributed by atoms with Crippen LogP contribution in [-0.2, 0) is 9.53 Å². The van der Waals surface area contributed by atoms with Crippen LogP contribution in [0.25, 0.3) is 0 Å². The normalized spacial score (nSPS) is 25.5. The van der Waals surface area contributed by atoms with Crippen molar-refractivity contribution in [3.05, 3.63) is 34.3 Å². The first-order chi connectivity index (χ1) is 11.1. The van der Waals surface area contributed by atoms with E-state index in [-0.39, 0.29) is 17.9 Å². The lowest BCUT2D eigenvalue weighted by atomic mass is 9.84. The lowest BCUT2D eigenvalue weighted by Crippen LogP contribution is -2.43. The smallest absolute Gasteiger partial charge is 0.309 e. The molecule has 3 rings (SSSR count). The number of likely N-dealkylation sites (tertiary alicyclic amines) is 1. The second kappa shape index (κ2) is 7.01. The summed E-state index contributed by atoms with van der Waals surface area (Å²) in [5.74, 6) is -0.912. The zero-order chi connectivity index (χ0) is 16.4. The standard InChI is InChI=1S/C17H20BrNO4/c18-14-4-2-1-3-12(14)16(20)19-8-5-11(6-9-19)15-13(17(21)22)7-10-23-15/h1-4,11,13,15H,5-10H2,(H,21,22)/t13?,15-/m0/s1. The van der Waals surface area contributed by atoms with Gasteiger partial charge in [-0.2, -0.15) is 0 Å². The number of nitrogens with zero attached hydrogens (tertiary/aromatic N) is 1. The van der Waals surface area contributed by atoms with Crippen molar-refractivity contribution < 1.29 is 19.4 Å². The number of carboxylic acids is 1. The zero-order valence-electron chi connectivity index (χ0n) is 12.8. The molecule has 0 spiro atoms. The highest BCUT2D eigenvalue weighted by atomic mass is 79.9. The molecule has 1 N–H and O–H groups in total. The highest BCUT2D eigenvalue weighted by Crippen LogP contribution is 2.33. The van der Waals surface area contributed by atoms with E-state index in [2.05, 4.69) is 15.9 Å². The molecule has 0 aromatic heterocycles. The number of hydrogen-bond acceptors (Lipinski definition) is 3. The van der Waals surface area contributed by atoms with Crippen LogP contribution >= 0.6 is 15.9 Å². The minimum atomic E-state index is -0.765. The number of piperidine rings is 1.